The fraction of sp³-hybridized carbons (Fsp3) is 1.00. The van der Waals surface area contributed by atoms with Gasteiger partial charge in [-0.25, -0.2) is 0 Å². The lowest BCUT2D eigenvalue weighted by atomic mass is 9.85. The average Bonchev–Trinajstić information content (AvgIpc) is 2.48. The molecular weight excluding hydrogens is 248 g/mol. The third-order valence-corrected chi connectivity index (χ3v) is 4.66. The number of aliphatic hydroxyl groups is 1. The van der Waals surface area contributed by atoms with Gasteiger partial charge in [0.2, 0.25) is 0 Å². The summed E-state index contributed by atoms with van der Waals surface area (Å²) in [5.74, 6) is 0. The monoisotopic (exact) mass is 284 g/mol. The molecular formula is C17H36N2O. The largest absolute Gasteiger partial charge is 0.390 e. The van der Waals surface area contributed by atoms with Crippen LogP contribution in [0.1, 0.15) is 67.2 Å². The van der Waals surface area contributed by atoms with Crippen molar-refractivity contribution in [1.82, 2.24) is 10.2 Å². The van der Waals surface area contributed by atoms with E-state index in [1.807, 2.05) is 6.92 Å². The van der Waals surface area contributed by atoms with Crippen LogP contribution in [0, 0.1) is 5.41 Å². The van der Waals surface area contributed by atoms with Crippen LogP contribution in [0.15, 0.2) is 0 Å². The molecule has 1 saturated heterocycles. The van der Waals surface area contributed by atoms with Gasteiger partial charge in [-0.2, -0.15) is 0 Å². The van der Waals surface area contributed by atoms with Crippen molar-refractivity contribution < 1.29 is 5.11 Å². The van der Waals surface area contributed by atoms with E-state index in [1.54, 1.807) is 0 Å². The summed E-state index contributed by atoms with van der Waals surface area (Å²) in [4.78, 5) is 2.55. The number of nitrogens with zero attached hydrogens (tertiary/aromatic N) is 1. The van der Waals surface area contributed by atoms with Gasteiger partial charge < -0.3 is 15.3 Å². The smallest absolute Gasteiger partial charge is 0.0632 e. The van der Waals surface area contributed by atoms with Crippen LogP contribution in [-0.4, -0.2) is 47.3 Å². The molecule has 1 aliphatic rings. The topological polar surface area (TPSA) is 35.5 Å². The van der Waals surface area contributed by atoms with Gasteiger partial charge in [-0.15, -0.1) is 0 Å². The quantitative estimate of drug-likeness (QED) is 0.814. The number of likely N-dealkylation sites (tertiary alicyclic amines) is 1. The second-order valence-corrected chi connectivity index (χ2v) is 8.39. The predicted molar refractivity (Wildman–Crippen MR) is 87.1 cm³/mol. The number of hydrogen-bond acceptors (Lipinski definition) is 3. The van der Waals surface area contributed by atoms with Gasteiger partial charge in [0.25, 0.3) is 0 Å². The first-order valence-electron chi connectivity index (χ1n) is 8.25. The minimum atomic E-state index is -0.457. The molecule has 0 bridgehead atoms. The van der Waals surface area contributed by atoms with Crippen LogP contribution < -0.4 is 5.32 Å². The van der Waals surface area contributed by atoms with Crippen LogP contribution in [-0.2, 0) is 0 Å². The molecule has 0 amide bonds. The summed E-state index contributed by atoms with van der Waals surface area (Å²) in [6, 6.07) is 0. The van der Waals surface area contributed by atoms with Crippen LogP contribution in [0.4, 0.5) is 0 Å². The molecule has 20 heavy (non-hydrogen) atoms. The molecule has 2 atom stereocenters. The maximum atomic E-state index is 10.2. The molecule has 0 saturated carbocycles. The molecule has 0 spiro atoms. The van der Waals surface area contributed by atoms with Crippen molar-refractivity contribution in [3.8, 4) is 0 Å². The molecule has 1 heterocycles. The molecule has 3 heteroatoms. The third-order valence-electron chi connectivity index (χ3n) is 4.66. The third kappa shape index (κ3) is 6.55. The van der Waals surface area contributed by atoms with Crippen molar-refractivity contribution in [3.63, 3.8) is 0 Å². The Morgan fingerprint density at radius 2 is 1.80 bits per heavy atom. The molecule has 0 aromatic rings. The average molecular weight is 284 g/mol. The highest BCUT2D eigenvalue weighted by atomic mass is 16.3. The van der Waals surface area contributed by atoms with Gasteiger partial charge >= 0.3 is 0 Å². The summed E-state index contributed by atoms with van der Waals surface area (Å²) < 4.78 is 0. The van der Waals surface area contributed by atoms with E-state index in [0.29, 0.717) is 5.41 Å². The van der Waals surface area contributed by atoms with Crippen molar-refractivity contribution in [3.05, 3.63) is 0 Å². The summed E-state index contributed by atoms with van der Waals surface area (Å²) in [7, 11) is 0. The molecule has 2 unspecified atom stereocenters. The first kappa shape index (κ1) is 17.9. The van der Waals surface area contributed by atoms with E-state index in [9.17, 15) is 5.11 Å². The van der Waals surface area contributed by atoms with E-state index in [0.717, 1.165) is 45.4 Å². The first-order valence-corrected chi connectivity index (χ1v) is 8.25. The summed E-state index contributed by atoms with van der Waals surface area (Å²) in [6.07, 6.45) is 4.13. The van der Waals surface area contributed by atoms with Gasteiger partial charge in [-0.1, -0.05) is 13.8 Å². The molecule has 0 radical (unpaired) electrons. The Bertz CT molecular complexity index is 296. The van der Waals surface area contributed by atoms with Crippen molar-refractivity contribution in [2.45, 2.75) is 78.4 Å². The summed E-state index contributed by atoms with van der Waals surface area (Å²) in [5.41, 5.74) is 0.0311. The van der Waals surface area contributed by atoms with Crippen molar-refractivity contribution in [2.75, 3.05) is 26.2 Å². The van der Waals surface area contributed by atoms with Gasteiger partial charge in [0.1, 0.15) is 0 Å². The molecule has 1 aliphatic heterocycles. The Morgan fingerprint density at radius 3 is 2.35 bits per heavy atom. The lowest BCUT2D eigenvalue weighted by Gasteiger charge is -2.37. The lowest BCUT2D eigenvalue weighted by molar-refractivity contribution is 0.0427. The van der Waals surface area contributed by atoms with Gasteiger partial charge in [0.05, 0.1) is 5.60 Å². The van der Waals surface area contributed by atoms with Gasteiger partial charge in [-0.05, 0) is 65.3 Å². The van der Waals surface area contributed by atoms with Gasteiger partial charge in [-0.3, -0.25) is 0 Å². The maximum absolute atomic E-state index is 10.2. The molecule has 0 aliphatic carbocycles. The zero-order valence-corrected chi connectivity index (χ0v) is 14.6. The van der Waals surface area contributed by atoms with Crippen LogP contribution in [0.25, 0.3) is 0 Å². The molecule has 0 aromatic carbocycles. The molecule has 1 rings (SSSR count). The van der Waals surface area contributed by atoms with Crippen LogP contribution in [0.2, 0.25) is 0 Å². The second kappa shape index (κ2) is 6.76. The van der Waals surface area contributed by atoms with E-state index in [4.69, 9.17) is 0 Å². The Morgan fingerprint density at radius 1 is 1.15 bits per heavy atom. The Kier molecular flexibility index (Phi) is 6.06. The zero-order chi connectivity index (χ0) is 15.4. The zero-order valence-electron chi connectivity index (χ0n) is 14.6. The first-order chi connectivity index (χ1) is 9.05. The second-order valence-electron chi connectivity index (χ2n) is 8.39. The molecule has 3 nitrogen and oxygen atoms in total. The normalized spacial score (nSPS) is 28.9. The highest BCUT2D eigenvalue weighted by Gasteiger charge is 2.30. The van der Waals surface area contributed by atoms with E-state index in [1.165, 1.54) is 6.42 Å². The van der Waals surface area contributed by atoms with Crippen molar-refractivity contribution in [2.24, 2.45) is 5.41 Å². The molecule has 120 valence electrons. The Labute approximate surface area is 126 Å². The summed E-state index contributed by atoms with van der Waals surface area (Å²) in [6.45, 7) is 17.7. The Balaban J connectivity index is 2.54. The molecule has 1 fully saturated rings. The summed E-state index contributed by atoms with van der Waals surface area (Å²) >= 11 is 0. The van der Waals surface area contributed by atoms with Crippen LogP contribution in [0.3, 0.4) is 0 Å². The van der Waals surface area contributed by atoms with E-state index in [-0.39, 0.29) is 5.54 Å². The van der Waals surface area contributed by atoms with Crippen LogP contribution in [0.5, 0.6) is 0 Å². The van der Waals surface area contributed by atoms with Gasteiger partial charge in [0, 0.05) is 25.2 Å². The Hall–Kier alpha value is -0.120. The number of nitrogens with one attached hydrogen (secondary N) is 1. The molecule has 2 N–H and O–H groups in total. The fourth-order valence-electron chi connectivity index (χ4n) is 2.79. The van der Waals surface area contributed by atoms with Crippen molar-refractivity contribution in [1.29, 1.82) is 0 Å². The minimum absolute atomic E-state index is 0.179. The standard InChI is InChI=1S/C17H36N2O/c1-7-16(5,13-18-15(2,3)4)14-19-11-8-9-17(6,20)10-12-19/h18,20H,7-14H2,1-6H3. The van der Waals surface area contributed by atoms with E-state index < -0.39 is 5.60 Å². The predicted octanol–water partition coefficient (Wildman–Crippen LogP) is 3.03. The minimum Gasteiger partial charge on any atom is -0.390 e. The molecule has 0 aromatic heterocycles. The lowest BCUT2D eigenvalue weighted by Crippen LogP contribution is -2.47. The number of hydrogen-bond donors (Lipinski definition) is 2. The highest BCUT2D eigenvalue weighted by molar-refractivity contribution is 4.86. The van der Waals surface area contributed by atoms with Crippen molar-refractivity contribution >= 4 is 0 Å². The SMILES string of the molecule is CCC(C)(CNC(C)(C)C)CN1CCCC(C)(O)CC1. The fourth-order valence-corrected chi connectivity index (χ4v) is 2.79. The number of rotatable bonds is 5. The maximum Gasteiger partial charge on any atom is 0.0632 e. The van der Waals surface area contributed by atoms with E-state index in [2.05, 4.69) is 44.8 Å². The van der Waals surface area contributed by atoms with Crippen LogP contribution >= 0.6 is 0 Å². The van der Waals surface area contributed by atoms with Gasteiger partial charge in [0.15, 0.2) is 0 Å². The van der Waals surface area contributed by atoms with E-state index >= 15 is 0 Å². The summed E-state index contributed by atoms with van der Waals surface area (Å²) in [5, 5.41) is 13.9. The highest BCUT2D eigenvalue weighted by Crippen LogP contribution is 2.27.